The SMILES string of the molecule is CC(C)c1ncc(NC(C)C2CCCO2)c(C(=O)O)n1. The Balaban J connectivity index is 2.19. The first-order valence-electron chi connectivity index (χ1n) is 6.97. The van der Waals surface area contributed by atoms with Gasteiger partial charge in [0.15, 0.2) is 5.69 Å². The molecule has 0 aliphatic carbocycles. The number of ether oxygens (including phenoxy) is 1. The third-order valence-corrected chi connectivity index (χ3v) is 3.43. The zero-order valence-electron chi connectivity index (χ0n) is 12.1. The minimum atomic E-state index is -1.05. The van der Waals surface area contributed by atoms with Crippen LogP contribution in [0.25, 0.3) is 0 Å². The first kappa shape index (κ1) is 14.7. The number of nitrogens with one attached hydrogen (secondary N) is 1. The summed E-state index contributed by atoms with van der Waals surface area (Å²) in [7, 11) is 0. The molecule has 0 amide bonds. The van der Waals surface area contributed by atoms with Gasteiger partial charge in [-0.05, 0) is 19.8 Å². The Kier molecular flexibility index (Phi) is 4.54. The number of carboxylic acid groups (broad SMARTS) is 1. The Bertz CT molecular complexity index is 485. The van der Waals surface area contributed by atoms with E-state index < -0.39 is 5.97 Å². The van der Waals surface area contributed by atoms with Crippen LogP contribution < -0.4 is 5.32 Å². The molecule has 6 nitrogen and oxygen atoms in total. The van der Waals surface area contributed by atoms with Gasteiger partial charge in [-0.1, -0.05) is 13.8 Å². The molecule has 2 N–H and O–H groups in total. The Morgan fingerprint density at radius 3 is 2.80 bits per heavy atom. The highest BCUT2D eigenvalue weighted by molar-refractivity contribution is 5.91. The number of carboxylic acids is 1. The van der Waals surface area contributed by atoms with Gasteiger partial charge in [-0.2, -0.15) is 0 Å². The van der Waals surface area contributed by atoms with E-state index in [9.17, 15) is 9.90 Å². The average Bonchev–Trinajstić information content (AvgIpc) is 2.92. The lowest BCUT2D eigenvalue weighted by atomic mass is 10.1. The minimum absolute atomic E-state index is 0.0218. The van der Waals surface area contributed by atoms with Gasteiger partial charge in [0.2, 0.25) is 0 Å². The van der Waals surface area contributed by atoms with Gasteiger partial charge >= 0.3 is 5.97 Å². The van der Waals surface area contributed by atoms with Crippen molar-refractivity contribution in [2.45, 2.75) is 51.7 Å². The maximum atomic E-state index is 11.3. The molecule has 110 valence electrons. The van der Waals surface area contributed by atoms with Gasteiger partial charge in [0.25, 0.3) is 0 Å². The number of anilines is 1. The molecular weight excluding hydrogens is 258 g/mol. The van der Waals surface area contributed by atoms with Crippen LogP contribution in [0.15, 0.2) is 6.20 Å². The minimum Gasteiger partial charge on any atom is -0.476 e. The molecule has 0 aromatic carbocycles. The van der Waals surface area contributed by atoms with Gasteiger partial charge < -0.3 is 15.2 Å². The number of aromatic carboxylic acids is 1. The maximum Gasteiger partial charge on any atom is 0.356 e. The summed E-state index contributed by atoms with van der Waals surface area (Å²) in [4.78, 5) is 19.7. The summed E-state index contributed by atoms with van der Waals surface area (Å²) >= 11 is 0. The average molecular weight is 279 g/mol. The fourth-order valence-electron chi connectivity index (χ4n) is 2.28. The molecule has 1 aromatic rings. The van der Waals surface area contributed by atoms with Crippen LogP contribution in [0.1, 0.15) is 55.8 Å². The number of nitrogens with zero attached hydrogens (tertiary/aromatic N) is 2. The standard InChI is InChI=1S/C14H21N3O3/c1-8(2)13-15-7-10(12(17-13)14(18)19)16-9(3)11-5-4-6-20-11/h7-9,11,16H,4-6H2,1-3H3,(H,18,19). The van der Waals surface area contributed by atoms with Crippen LogP contribution in [0, 0.1) is 0 Å². The van der Waals surface area contributed by atoms with Gasteiger partial charge in [-0.3, -0.25) is 0 Å². The van der Waals surface area contributed by atoms with Gasteiger partial charge in [0.1, 0.15) is 5.82 Å². The molecule has 2 rings (SSSR count). The number of carbonyl (C=O) groups is 1. The van der Waals surface area contributed by atoms with Crippen molar-refractivity contribution in [1.29, 1.82) is 0 Å². The highest BCUT2D eigenvalue weighted by Crippen LogP contribution is 2.21. The molecule has 2 unspecified atom stereocenters. The Hall–Kier alpha value is -1.69. The summed E-state index contributed by atoms with van der Waals surface area (Å²) in [5.74, 6) is -0.410. The fraction of sp³-hybridized carbons (Fsp3) is 0.643. The van der Waals surface area contributed by atoms with Crippen LogP contribution in [-0.4, -0.2) is 39.8 Å². The third-order valence-electron chi connectivity index (χ3n) is 3.43. The lowest BCUT2D eigenvalue weighted by molar-refractivity contribution is 0.0690. The van der Waals surface area contributed by atoms with Crippen LogP contribution >= 0.6 is 0 Å². The molecule has 1 aliphatic rings. The number of rotatable bonds is 5. The second-order valence-corrected chi connectivity index (χ2v) is 5.43. The summed E-state index contributed by atoms with van der Waals surface area (Å²) in [6, 6.07) is 0.0316. The second-order valence-electron chi connectivity index (χ2n) is 5.43. The monoisotopic (exact) mass is 279 g/mol. The quantitative estimate of drug-likeness (QED) is 0.860. The van der Waals surface area contributed by atoms with E-state index in [-0.39, 0.29) is 23.8 Å². The molecule has 20 heavy (non-hydrogen) atoms. The summed E-state index contributed by atoms with van der Waals surface area (Å²) in [6.45, 7) is 6.62. The van der Waals surface area contributed by atoms with E-state index in [1.165, 1.54) is 0 Å². The first-order chi connectivity index (χ1) is 9.49. The second kappa shape index (κ2) is 6.17. The number of hydrogen-bond donors (Lipinski definition) is 2. The molecule has 0 bridgehead atoms. The van der Waals surface area contributed by atoms with E-state index in [0.717, 1.165) is 19.4 Å². The summed E-state index contributed by atoms with van der Waals surface area (Å²) in [5.41, 5.74) is 0.471. The molecule has 1 aromatic heterocycles. The molecule has 0 saturated carbocycles. The van der Waals surface area contributed by atoms with Crippen molar-refractivity contribution in [3.8, 4) is 0 Å². The van der Waals surface area contributed by atoms with Crippen molar-refractivity contribution in [3.63, 3.8) is 0 Å². The van der Waals surface area contributed by atoms with Crippen LogP contribution in [0.3, 0.4) is 0 Å². The van der Waals surface area contributed by atoms with Gasteiger partial charge in [0, 0.05) is 18.6 Å². The predicted molar refractivity (Wildman–Crippen MR) is 75.1 cm³/mol. The summed E-state index contributed by atoms with van der Waals surface area (Å²) in [5, 5.41) is 12.5. The predicted octanol–water partition coefficient (Wildman–Crippen LogP) is 2.28. The van der Waals surface area contributed by atoms with Crippen molar-refractivity contribution >= 4 is 11.7 Å². The highest BCUT2D eigenvalue weighted by Gasteiger charge is 2.24. The summed E-state index contributed by atoms with van der Waals surface area (Å²) < 4.78 is 5.60. The molecule has 1 fully saturated rings. The lowest BCUT2D eigenvalue weighted by Gasteiger charge is -2.21. The van der Waals surface area contributed by atoms with Crippen LogP contribution in [0.4, 0.5) is 5.69 Å². The van der Waals surface area contributed by atoms with Crippen LogP contribution in [-0.2, 0) is 4.74 Å². The van der Waals surface area contributed by atoms with E-state index in [1.807, 2.05) is 20.8 Å². The van der Waals surface area contributed by atoms with E-state index in [2.05, 4.69) is 15.3 Å². The van der Waals surface area contributed by atoms with Crippen molar-refractivity contribution < 1.29 is 14.6 Å². The maximum absolute atomic E-state index is 11.3. The zero-order chi connectivity index (χ0) is 14.7. The van der Waals surface area contributed by atoms with Crippen LogP contribution in [0.2, 0.25) is 0 Å². The molecule has 1 saturated heterocycles. The highest BCUT2D eigenvalue weighted by atomic mass is 16.5. The van der Waals surface area contributed by atoms with Crippen molar-refractivity contribution in [2.24, 2.45) is 0 Å². The molecule has 2 heterocycles. The normalized spacial score (nSPS) is 20.1. The van der Waals surface area contributed by atoms with E-state index >= 15 is 0 Å². The third kappa shape index (κ3) is 3.25. The molecule has 0 spiro atoms. The van der Waals surface area contributed by atoms with Gasteiger partial charge in [-0.15, -0.1) is 0 Å². The lowest BCUT2D eigenvalue weighted by Crippen LogP contribution is -2.31. The molecule has 6 heteroatoms. The number of aromatic nitrogens is 2. The molecule has 1 aliphatic heterocycles. The van der Waals surface area contributed by atoms with Crippen LogP contribution in [0.5, 0.6) is 0 Å². The Morgan fingerprint density at radius 2 is 2.25 bits per heavy atom. The molecular formula is C14H21N3O3. The van der Waals surface area contributed by atoms with Crippen molar-refractivity contribution in [3.05, 3.63) is 17.7 Å². The van der Waals surface area contributed by atoms with Crippen molar-refractivity contribution in [1.82, 2.24) is 9.97 Å². The fourth-order valence-corrected chi connectivity index (χ4v) is 2.28. The summed E-state index contributed by atoms with van der Waals surface area (Å²) in [6.07, 6.45) is 3.70. The Morgan fingerprint density at radius 1 is 1.50 bits per heavy atom. The van der Waals surface area contributed by atoms with E-state index in [0.29, 0.717) is 11.5 Å². The zero-order valence-corrected chi connectivity index (χ0v) is 12.1. The van der Waals surface area contributed by atoms with E-state index in [1.54, 1.807) is 6.20 Å². The molecule has 2 atom stereocenters. The largest absolute Gasteiger partial charge is 0.476 e. The smallest absolute Gasteiger partial charge is 0.356 e. The number of hydrogen-bond acceptors (Lipinski definition) is 5. The molecule has 0 radical (unpaired) electrons. The first-order valence-corrected chi connectivity index (χ1v) is 6.97. The topological polar surface area (TPSA) is 84.3 Å². The van der Waals surface area contributed by atoms with Crippen molar-refractivity contribution in [2.75, 3.05) is 11.9 Å². The van der Waals surface area contributed by atoms with Gasteiger partial charge in [0.05, 0.1) is 18.0 Å². The van der Waals surface area contributed by atoms with Gasteiger partial charge in [-0.25, -0.2) is 14.8 Å². The van der Waals surface area contributed by atoms with E-state index in [4.69, 9.17) is 4.74 Å². The Labute approximate surface area is 118 Å².